The fourth-order valence-electron chi connectivity index (χ4n) is 1.78. The van der Waals surface area contributed by atoms with Crippen LogP contribution in [0.4, 0.5) is 18.9 Å². The molecule has 0 unspecified atom stereocenters. The highest BCUT2D eigenvalue weighted by Gasteiger charge is 2.31. The summed E-state index contributed by atoms with van der Waals surface area (Å²) in [6, 6.07) is 6.14. The quantitative estimate of drug-likeness (QED) is 0.396. The maximum absolute atomic E-state index is 12.6. The molecule has 2 aromatic rings. The third-order valence-corrected chi connectivity index (χ3v) is 3.17. The molecule has 132 valence electrons. The summed E-state index contributed by atoms with van der Waals surface area (Å²) in [5.41, 5.74) is -1.27. The molecule has 0 saturated heterocycles. The summed E-state index contributed by atoms with van der Waals surface area (Å²) < 4.78 is 43.3. The standard InChI is InChI=1S/C15H10ClF3N2O4/c1-2-20-25-14-8-10(4-5-12(14)21(22)23)24-13-6-3-9(7-11(13)16)15(17,18)19/h2-8H,1H3. The van der Waals surface area contributed by atoms with Gasteiger partial charge in [0.15, 0.2) is 0 Å². The first-order valence-corrected chi connectivity index (χ1v) is 7.08. The number of nitro benzene ring substituents is 1. The molecule has 0 aliphatic carbocycles. The molecule has 0 bridgehead atoms. The maximum Gasteiger partial charge on any atom is 0.416 e. The number of oxime groups is 1. The van der Waals surface area contributed by atoms with Gasteiger partial charge in [-0.05, 0) is 31.2 Å². The molecule has 0 saturated carbocycles. The molecule has 0 N–H and O–H groups in total. The van der Waals surface area contributed by atoms with Crippen molar-refractivity contribution < 1.29 is 27.7 Å². The Kier molecular flexibility index (Phi) is 5.48. The first kappa shape index (κ1) is 18.5. The summed E-state index contributed by atoms with van der Waals surface area (Å²) in [6.07, 6.45) is -3.25. The van der Waals surface area contributed by atoms with Crippen LogP contribution in [-0.4, -0.2) is 11.1 Å². The van der Waals surface area contributed by atoms with Gasteiger partial charge in [0.1, 0.15) is 11.5 Å². The first-order valence-electron chi connectivity index (χ1n) is 6.70. The Morgan fingerprint density at radius 3 is 2.48 bits per heavy atom. The Morgan fingerprint density at radius 2 is 1.92 bits per heavy atom. The van der Waals surface area contributed by atoms with Crippen LogP contribution in [0.3, 0.4) is 0 Å². The van der Waals surface area contributed by atoms with Crippen molar-refractivity contribution in [3.05, 3.63) is 57.1 Å². The van der Waals surface area contributed by atoms with Crippen LogP contribution in [-0.2, 0) is 6.18 Å². The molecule has 6 nitrogen and oxygen atoms in total. The second-order valence-corrected chi connectivity index (χ2v) is 4.99. The topological polar surface area (TPSA) is 74.0 Å². The molecule has 0 aliphatic heterocycles. The van der Waals surface area contributed by atoms with E-state index in [-0.39, 0.29) is 28.0 Å². The van der Waals surface area contributed by atoms with Crippen LogP contribution in [0.1, 0.15) is 12.5 Å². The van der Waals surface area contributed by atoms with Crippen LogP contribution in [0.5, 0.6) is 17.2 Å². The Labute approximate surface area is 144 Å². The molecule has 0 heterocycles. The van der Waals surface area contributed by atoms with Gasteiger partial charge < -0.3 is 9.57 Å². The monoisotopic (exact) mass is 374 g/mol. The highest BCUT2D eigenvalue weighted by atomic mass is 35.5. The van der Waals surface area contributed by atoms with E-state index >= 15 is 0 Å². The highest BCUT2D eigenvalue weighted by Crippen LogP contribution is 2.38. The summed E-state index contributed by atoms with van der Waals surface area (Å²) in [5.74, 6) is -0.161. The normalized spacial score (nSPS) is 11.6. The lowest BCUT2D eigenvalue weighted by molar-refractivity contribution is -0.385. The average Bonchev–Trinajstić information content (AvgIpc) is 2.53. The zero-order valence-electron chi connectivity index (χ0n) is 12.6. The van der Waals surface area contributed by atoms with Crippen LogP contribution < -0.4 is 9.57 Å². The van der Waals surface area contributed by atoms with Crippen molar-refractivity contribution in [1.29, 1.82) is 0 Å². The Morgan fingerprint density at radius 1 is 1.20 bits per heavy atom. The number of benzene rings is 2. The first-order chi connectivity index (χ1) is 11.7. The number of alkyl halides is 3. The number of halogens is 4. The average molecular weight is 375 g/mol. The summed E-state index contributed by atoms with van der Waals surface area (Å²) >= 11 is 5.80. The predicted octanol–water partition coefficient (Wildman–Crippen LogP) is 5.44. The van der Waals surface area contributed by atoms with Gasteiger partial charge in [-0.1, -0.05) is 16.8 Å². The van der Waals surface area contributed by atoms with Crippen LogP contribution >= 0.6 is 11.6 Å². The molecule has 10 heteroatoms. The molecule has 2 rings (SSSR count). The molecule has 2 aromatic carbocycles. The van der Waals surface area contributed by atoms with Gasteiger partial charge in [0, 0.05) is 18.3 Å². The van der Waals surface area contributed by atoms with Crippen molar-refractivity contribution >= 4 is 23.5 Å². The van der Waals surface area contributed by atoms with E-state index in [1.54, 1.807) is 6.92 Å². The lowest BCUT2D eigenvalue weighted by atomic mass is 10.2. The second-order valence-electron chi connectivity index (χ2n) is 4.59. The fraction of sp³-hybridized carbons (Fsp3) is 0.133. The number of hydrogen-bond donors (Lipinski definition) is 0. The van der Waals surface area contributed by atoms with Gasteiger partial charge in [0.05, 0.1) is 15.5 Å². The smallest absolute Gasteiger partial charge is 0.416 e. The Balaban J connectivity index is 2.32. The van der Waals surface area contributed by atoms with Crippen molar-refractivity contribution in [2.75, 3.05) is 0 Å². The van der Waals surface area contributed by atoms with Gasteiger partial charge in [-0.3, -0.25) is 10.1 Å². The summed E-state index contributed by atoms with van der Waals surface area (Å²) in [5, 5.41) is 14.1. The van der Waals surface area contributed by atoms with Gasteiger partial charge in [0.2, 0.25) is 5.75 Å². The predicted molar refractivity (Wildman–Crippen MR) is 84.4 cm³/mol. The van der Waals surface area contributed by atoms with Crippen molar-refractivity contribution in [3.63, 3.8) is 0 Å². The molecule has 0 atom stereocenters. The van der Waals surface area contributed by atoms with E-state index in [4.69, 9.17) is 21.2 Å². The summed E-state index contributed by atoms with van der Waals surface area (Å²) in [4.78, 5) is 15.2. The summed E-state index contributed by atoms with van der Waals surface area (Å²) in [6.45, 7) is 1.55. The van der Waals surface area contributed by atoms with Crippen LogP contribution in [0.25, 0.3) is 0 Å². The zero-order valence-corrected chi connectivity index (χ0v) is 13.3. The fourth-order valence-corrected chi connectivity index (χ4v) is 2.00. The van der Waals surface area contributed by atoms with E-state index in [0.717, 1.165) is 24.3 Å². The summed E-state index contributed by atoms with van der Waals surface area (Å²) in [7, 11) is 0. The van der Waals surface area contributed by atoms with Gasteiger partial charge in [0.25, 0.3) is 0 Å². The van der Waals surface area contributed by atoms with E-state index < -0.39 is 16.7 Å². The number of rotatable bonds is 5. The molecule has 0 radical (unpaired) electrons. The van der Waals surface area contributed by atoms with Gasteiger partial charge in [-0.15, -0.1) is 0 Å². The van der Waals surface area contributed by atoms with Gasteiger partial charge in [-0.25, -0.2) is 0 Å². The molecular formula is C15H10ClF3N2O4. The van der Waals surface area contributed by atoms with Crippen LogP contribution in [0, 0.1) is 10.1 Å². The minimum absolute atomic E-state index is 0.0477. The van der Waals surface area contributed by atoms with Crippen molar-refractivity contribution in [2.45, 2.75) is 13.1 Å². The second kappa shape index (κ2) is 7.39. The van der Waals surface area contributed by atoms with E-state index in [1.807, 2.05) is 0 Å². The van der Waals surface area contributed by atoms with E-state index in [2.05, 4.69) is 5.16 Å². The molecule has 0 aromatic heterocycles. The number of nitro groups is 1. The molecule has 0 amide bonds. The lowest BCUT2D eigenvalue weighted by Crippen LogP contribution is -2.04. The van der Waals surface area contributed by atoms with E-state index in [9.17, 15) is 23.3 Å². The molecule has 0 spiro atoms. The highest BCUT2D eigenvalue weighted by molar-refractivity contribution is 6.32. The SMILES string of the molecule is CC=NOc1cc(Oc2ccc(C(F)(F)F)cc2Cl)ccc1[N+](=O)[O-]. The molecule has 0 aliphatic rings. The Hall–Kier alpha value is -2.81. The third kappa shape index (κ3) is 4.60. The van der Waals surface area contributed by atoms with E-state index in [0.29, 0.717) is 0 Å². The molecule has 25 heavy (non-hydrogen) atoms. The van der Waals surface area contributed by atoms with Gasteiger partial charge in [-0.2, -0.15) is 13.2 Å². The molecular weight excluding hydrogens is 365 g/mol. The zero-order chi connectivity index (χ0) is 18.6. The third-order valence-electron chi connectivity index (χ3n) is 2.87. The lowest BCUT2D eigenvalue weighted by Gasteiger charge is -2.11. The number of nitrogens with zero attached hydrogens (tertiary/aromatic N) is 2. The van der Waals surface area contributed by atoms with Crippen molar-refractivity contribution in [3.8, 4) is 17.2 Å². The maximum atomic E-state index is 12.6. The van der Waals surface area contributed by atoms with Gasteiger partial charge >= 0.3 is 11.9 Å². The largest absolute Gasteiger partial charge is 0.456 e. The molecule has 0 fully saturated rings. The van der Waals surface area contributed by atoms with Crippen LogP contribution in [0.2, 0.25) is 5.02 Å². The number of ether oxygens (including phenoxy) is 1. The van der Waals surface area contributed by atoms with Crippen molar-refractivity contribution in [1.82, 2.24) is 0 Å². The van der Waals surface area contributed by atoms with Crippen molar-refractivity contribution in [2.24, 2.45) is 5.16 Å². The minimum Gasteiger partial charge on any atom is -0.456 e. The van der Waals surface area contributed by atoms with Crippen LogP contribution in [0.15, 0.2) is 41.6 Å². The Bertz CT molecular complexity index is 825. The minimum atomic E-state index is -4.53. The number of hydrogen-bond acceptors (Lipinski definition) is 5. The van der Waals surface area contributed by atoms with E-state index in [1.165, 1.54) is 18.3 Å².